The van der Waals surface area contributed by atoms with Gasteiger partial charge in [0.15, 0.2) is 0 Å². The number of carbonyl (C=O) groups is 1. The average molecular weight is 493 g/mol. The van der Waals surface area contributed by atoms with Crippen LogP contribution in [0.3, 0.4) is 0 Å². The molecule has 0 atom stereocenters. The number of nitro groups is 1. The summed E-state index contributed by atoms with van der Waals surface area (Å²) in [7, 11) is 0. The Morgan fingerprint density at radius 3 is 2.33 bits per heavy atom. The lowest BCUT2D eigenvalue weighted by atomic mass is 10.0. The van der Waals surface area contributed by atoms with Crippen LogP contribution < -0.4 is 5.01 Å². The number of rotatable bonds is 6. The zero-order valence-corrected chi connectivity index (χ0v) is 20.1. The quantitative estimate of drug-likeness (QED) is 0.147. The second kappa shape index (κ2) is 9.89. The summed E-state index contributed by atoms with van der Waals surface area (Å²) in [5.41, 5.74) is 5.01. The molecule has 0 unspecified atom stereocenters. The normalized spacial score (nSPS) is 11.1. The number of anilines is 1. The van der Waals surface area contributed by atoms with Crippen molar-refractivity contribution in [3.05, 3.63) is 124 Å². The minimum atomic E-state index is -0.459. The van der Waals surface area contributed by atoms with Crippen molar-refractivity contribution in [1.29, 1.82) is 0 Å². The van der Waals surface area contributed by atoms with Gasteiger partial charge >= 0.3 is 0 Å². The second-order valence-corrected chi connectivity index (χ2v) is 9.13. The molecule has 0 aliphatic heterocycles. The molecule has 0 radical (unpaired) electrons. The Labute approximate surface area is 211 Å². The number of hydrogen-bond donors (Lipinski definition) is 0. The first-order valence-electron chi connectivity index (χ1n) is 11.1. The fraction of sp³-hybridized carbons (Fsp3) is 0.0357. The van der Waals surface area contributed by atoms with Gasteiger partial charge in [0.1, 0.15) is 0 Å². The summed E-state index contributed by atoms with van der Waals surface area (Å²) in [6.07, 6.45) is 1.50. The highest BCUT2D eigenvalue weighted by Crippen LogP contribution is 2.31. The van der Waals surface area contributed by atoms with Crippen molar-refractivity contribution < 1.29 is 9.72 Å². The van der Waals surface area contributed by atoms with Gasteiger partial charge in [0.05, 0.1) is 21.4 Å². The maximum Gasteiger partial charge on any atom is 0.280 e. The van der Waals surface area contributed by atoms with Crippen molar-refractivity contribution >= 4 is 44.5 Å². The first-order chi connectivity index (χ1) is 17.5. The van der Waals surface area contributed by atoms with E-state index in [0.717, 1.165) is 26.9 Å². The molecule has 5 aromatic rings. The molecule has 0 saturated carbocycles. The van der Waals surface area contributed by atoms with Crippen LogP contribution in [0.2, 0.25) is 0 Å². The highest BCUT2D eigenvalue weighted by molar-refractivity contribution is 7.22. The van der Waals surface area contributed by atoms with E-state index in [9.17, 15) is 14.9 Å². The molecule has 36 heavy (non-hydrogen) atoms. The number of aromatic nitrogens is 1. The monoisotopic (exact) mass is 492 g/mol. The topological polar surface area (TPSA) is 88.7 Å². The van der Waals surface area contributed by atoms with Crippen LogP contribution in [0.25, 0.3) is 21.3 Å². The van der Waals surface area contributed by atoms with E-state index in [1.807, 2.05) is 67.6 Å². The van der Waals surface area contributed by atoms with Crippen LogP contribution in [0, 0.1) is 17.0 Å². The van der Waals surface area contributed by atoms with Crippen molar-refractivity contribution in [1.82, 2.24) is 4.98 Å². The molecule has 0 spiro atoms. The first kappa shape index (κ1) is 23.1. The number of fused-ring (bicyclic) bond motifs is 1. The molecular formula is C28H20N4O3S. The number of aryl methyl sites for hydroxylation is 1. The summed E-state index contributed by atoms with van der Waals surface area (Å²) in [6.45, 7) is 2.00. The van der Waals surface area contributed by atoms with Gasteiger partial charge in [-0.2, -0.15) is 10.1 Å². The van der Waals surface area contributed by atoms with Gasteiger partial charge in [0, 0.05) is 17.7 Å². The Bertz CT molecular complexity index is 1580. The number of hydrazone groups is 1. The molecule has 4 aromatic carbocycles. The largest absolute Gasteiger partial charge is 0.280 e. The van der Waals surface area contributed by atoms with Crippen LogP contribution in [0.4, 0.5) is 10.8 Å². The Morgan fingerprint density at radius 1 is 0.944 bits per heavy atom. The SMILES string of the molecule is Cc1ccc2nc(N(/N=C/c3ccc([N+](=O)[O-])cc3)C(=O)c3ccc(-c4ccccc4)cc3)sc2c1. The van der Waals surface area contributed by atoms with E-state index >= 15 is 0 Å². The van der Waals surface area contributed by atoms with Gasteiger partial charge in [-0.1, -0.05) is 59.9 Å². The maximum absolute atomic E-state index is 13.6. The van der Waals surface area contributed by atoms with E-state index in [0.29, 0.717) is 16.3 Å². The summed E-state index contributed by atoms with van der Waals surface area (Å²) >= 11 is 1.37. The average Bonchev–Trinajstić information content (AvgIpc) is 3.32. The molecule has 1 amide bonds. The fourth-order valence-electron chi connectivity index (χ4n) is 3.66. The third-order valence-corrected chi connectivity index (χ3v) is 6.57. The molecule has 0 saturated heterocycles. The van der Waals surface area contributed by atoms with Gasteiger partial charge < -0.3 is 0 Å². The standard InChI is InChI=1S/C28H20N4O3S/c1-19-7-16-25-26(17-19)36-28(30-25)31(29-18-20-8-14-24(15-9-20)32(34)35)27(33)23-12-10-22(11-13-23)21-5-3-2-4-6-21/h2-18H,1H3/b29-18+. The first-order valence-corrected chi connectivity index (χ1v) is 12.0. The molecule has 7 nitrogen and oxygen atoms in total. The van der Waals surface area contributed by atoms with Crippen LogP contribution in [0.5, 0.6) is 0 Å². The molecule has 176 valence electrons. The van der Waals surface area contributed by atoms with Crippen LogP contribution in [0.1, 0.15) is 21.5 Å². The number of amides is 1. The summed E-state index contributed by atoms with van der Waals surface area (Å²) in [5.74, 6) is -0.330. The number of non-ortho nitro benzene ring substituents is 1. The Hall–Kier alpha value is -4.69. The number of thiazole rings is 1. The minimum Gasteiger partial charge on any atom is -0.267 e. The van der Waals surface area contributed by atoms with E-state index in [2.05, 4.69) is 10.1 Å². The third-order valence-electron chi connectivity index (χ3n) is 5.57. The van der Waals surface area contributed by atoms with Gasteiger partial charge in [-0.25, -0.2) is 4.98 Å². The van der Waals surface area contributed by atoms with E-state index in [4.69, 9.17) is 0 Å². The smallest absolute Gasteiger partial charge is 0.267 e. The molecule has 0 N–H and O–H groups in total. The maximum atomic E-state index is 13.6. The predicted octanol–water partition coefficient (Wildman–Crippen LogP) is 6.86. The van der Waals surface area contributed by atoms with Gasteiger partial charge in [0.25, 0.3) is 11.6 Å². The Morgan fingerprint density at radius 2 is 1.64 bits per heavy atom. The molecule has 0 fully saturated rings. The van der Waals surface area contributed by atoms with Gasteiger partial charge in [-0.15, -0.1) is 0 Å². The highest BCUT2D eigenvalue weighted by Gasteiger charge is 2.21. The molecule has 0 aliphatic carbocycles. The van der Waals surface area contributed by atoms with E-state index in [1.54, 1.807) is 24.3 Å². The number of benzene rings is 4. The molecule has 0 aliphatic rings. The highest BCUT2D eigenvalue weighted by atomic mass is 32.1. The van der Waals surface area contributed by atoms with E-state index in [-0.39, 0.29) is 11.6 Å². The Kier molecular flexibility index (Phi) is 6.34. The zero-order chi connectivity index (χ0) is 25.1. The summed E-state index contributed by atoms with van der Waals surface area (Å²) in [6, 6.07) is 29.2. The van der Waals surface area contributed by atoms with E-state index < -0.39 is 4.92 Å². The Balaban J connectivity index is 1.50. The van der Waals surface area contributed by atoms with Gasteiger partial charge in [-0.05, 0) is 65.6 Å². The lowest BCUT2D eigenvalue weighted by Gasteiger charge is -2.14. The zero-order valence-electron chi connectivity index (χ0n) is 19.2. The lowest BCUT2D eigenvalue weighted by molar-refractivity contribution is -0.384. The van der Waals surface area contributed by atoms with Crippen molar-refractivity contribution in [2.75, 3.05) is 5.01 Å². The van der Waals surface area contributed by atoms with Crippen molar-refractivity contribution in [2.45, 2.75) is 6.92 Å². The summed E-state index contributed by atoms with van der Waals surface area (Å²) in [4.78, 5) is 28.7. The van der Waals surface area contributed by atoms with Crippen LogP contribution >= 0.6 is 11.3 Å². The fourth-order valence-corrected chi connectivity index (χ4v) is 4.68. The molecule has 1 heterocycles. The molecule has 0 bridgehead atoms. The van der Waals surface area contributed by atoms with Crippen LogP contribution in [-0.4, -0.2) is 22.0 Å². The van der Waals surface area contributed by atoms with E-state index in [1.165, 1.54) is 34.7 Å². The number of nitrogens with zero attached hydrogens (tertiary/aromatic N) is 4. The molecule has 5 rings (SSSR count). The van der Waals surface area contributed by atoms with Crippen molar-refractivity contribution in [2.24, 2.45) is 5.10 Å². The summed E-state index contributed by atoms with van der Waals surface area (Å²) in [5, 5.41) is 17.1. The van der Waals surface area contributed by atoms with Gasteiger partial charge in [0.2, 0.25) is 5.13 Å². The number of nitro benzene ring substituents is 1. The second-order valence-electron chi connectivity index (χ2n) is 8.12. The molecular weight excluding hydrogens is 472 g/mol. The minimum absolute atomic E-state index is 0.0138. The molecule has 8 heteroatoms. The number of hydrogen-bond acceptors (Lipinski definition) is 6. The van der Waals surface area contributed by atoms with Crippen LogP contribution in [-0.2, 0) is 0 Å². The van der Waals surface area contributed by atoms with Crippen molar-refractivity contribution in [3.63, 3.8) is 0 Å². The summed E-state index contributed by atoms with van der Waals surface area (Å²) < 4.78 is 0.952. The van der Waals surface area contributed by atoms with Crippen molar-refractivity contribution in [3.8, 4) is 11.1 Å². The van der Waals surface area contributed by atoms with Crippen LogP contribution in [0.15, 0.2) is 102 Å². The lowest BCUT2D eigenvalue weighted by Crippen LogP contribution is -2.25. The number of carbonyl (C=O) groups excluding carboxylic acids is 1. The third kappa shape index (κ3) is 4.89. The molecule has 1 aromatic heterocycles. The predicted molar refractivity (Wildman–Crippen MR) is 144 cm³/mol. The van der Waals surface area contributed by atoms with Gasteiger partial charge in [-0.3, -0.25) is 14.9 Å².